The summed E-state index contributed by atoms with van der Waals surface area (Å²) in [6.07, 6.45) is 1.60. The molecule has 2 amide bonds. The molecule has 5 nitrogen and oxygen atoms in total. The molecule has 0 bridgehead atoms. The number of rotatable bonds is 7. The van der Waals surface area contributed by atoms with Crippen LogP contribution in [0, 0.1) is 12.7 Å². The molecular formula is C26H21ClFNO4S. The number of carbonyl (C=O) groups excluding carboxylic acids is 2. The summed E-state index contributed by atoms with van der Waals surface area (Å²) in [5.41, 5.74) is 2.95. The van der Waals surface area contributed by atoms with Crippen molar-refractivity contribution < 1.29 is 23.5 Å². The van der Waals surface area contributed by atoms with Crippen LogP contribution in [-0.2, 0) is 17.9 Å². The maximum absolute atomic E-state index is 14.1. The summed E-state index contributed by atoms with van der Waals surface area (Å²) in [7, 11) is 1.53. The number of imide groups is 1. The minimum absolute atomic E-state index is 0.101. The highest BCUT2D eigenvalue weighted by molar-refractivity contribution is 8.18. The van der Waals surface area contributed by atoms with E-state index in [1.165, 1.54) is 25.3 Å². The fraction of sp³-hybridized carbons (Fsp3) is 0.154. The zero-order chi connectivity index (χ0) is 24.2. The van der Waals surface area contributed by atoms with Crippen LogP contribution >= 0.6 is 23.4 Å². The van der Waals surface area contributed by atoms with E-state index in [9.17, 15) is 14.0 Å². The molecule has 0 N–H and O–H groups in total. The second kappa shape index (κ2) is 10.3. The number of ether oxygens (including phenoxy) is 2. The minimum atomic E-state index is -0.568. The first-order chi connectivity index (χ1) is 16.4. The Labute approximate surface area is 206 Å². The number of hydrogen-bond acceptors (Lipinski definition) is 5. The van der Waals surface area contributed by atoms with E-state index in [4.69, 9.17) is 21.1 Å². The highest BCUT2D eigenvalue weighted by atomic mass is 35.5. The van der Waals surface area contributed by atoms with Gasteiger partial charge >= 0.3 is 0 Å². The van der Waals surface area contributed by atoms with Crippen LogP contribution in [0.25, 0.3) is 6.08 Å². The van der Waals surface area contributed by atoms with E-state index in [0.29, 0.717) is 23.7 Å². The second-order valence-electron chi connectivity index (χ2n) is 7.66. The van der Waals surface area contributed by atoms with Crippen molar-refractivity contribution in [2.24, 2.45) is 0 Å². The lowest BCUT2D eigenvalue weighted by Gasteiger charge is -2.14. The average molecular weight is 498 g/mol. The second-order valence-corrected chi connectivity index (χ2v) is 9.06. The quantitative estimate of drug-likeness (QED) is 0.344. The Balaban J connectivity index is 1.51. The molecule has 1 heterocycles. The van der Waals surface area contributed by atoms with Gasteiger partial charge in [0, 0.05) is 10.6 Å². The van der Waals surface area contributed by atoms with Crippen molar-refractivity contribution in [2.75, 3.05) is 7.11 Å². The van der Waals surface area contributed by atoms with Gasteiger partial charge in [-0.3, -0.25) is 14.5 Å². The number of benzene rings is 3. The third kappa shape index (κ3) is 5.26. The third-order valence-electron chi connectivity index (χ3n) is 5.21. The van der Waals surface area contributed by atoms with Gasteiger partial charge < -0.3 is 9.47 Å². The molecule has 174 valence electrons. The van der Waals surface area contributed by atoms with E-state index in [-0.39, 0.29) is 22.0 Å². The van der Waals surface area contributed by atoms with Crippen molar-refractivity contribution >= 4 is 40.6 Å². The third-order valence-corrected chi connectivity index (χ3v) is 6.48. The first-order valence-electron chi connectivity index (χ1n) is 10.4. The SMILES string of the molecule is COc1cc(C=C2SC(=O)N(Cc3c(F)cccc3Cl)C2=O)ccc1OCc1cccc(C)c1. The van der Waals surface area contributed by atoms with E-state index in [2.05, 4.69) is 0 Å². The van der Waals surface area contributed by atoms with Gasteiger partial charge in [0.15, 0.2) is 11.5 Å². The molecule has 0 aliphatic carbocycles. The largest absolute Gasteiger partial charge is 0.493 e. The van der Waals surface area contributed by atoms with Gasteiger partial charge in [-0.05, 0) is 60.2 Å². The molecule has 0 aromatic heterocycles. The molecule has 0 radical (unpaired) electrons. The smallest absolute Gasteiger partial charge is 0.293 e. The van der Waals surface area contributed by atoms with E-state index in [0.717, 1.165) is 27.8 Å². The van der Waals surface area contributed by atoms with E-state index < -0.39 is 17.0 Å². The molecule has 1 aliphatic rings. The molecule has 4 rings (SSSR count). The molecule has 34 heavy (non-hydrogen) atoms. The lowest BCUT2D eigenvalue weighted by Crippen LogP contribution is -2.28. The highest BCUT2D eigenvalue weighted by Crippen LogP contribution is 2.36. The van der Waals surface area contributed by atoms with Crippen molar-refractivity contribution in [1.82, 2.24) is 4.90 Å². The number of halogens is 2. The van der Waals surface area contributed by atoms with Gasteiger partial charge in [0.25, 0.3) is 11.1 Å². The van der Waals surface area contributed by atoms with E-state index >= 15 is 0 Å². The Morgan fingerprint density at radius 3 is 2.59 bits per heavy atom. The van der Waals surface area contributed by atoms with Crippen molar-refractivity contribution in [3.8, 4) is 11.5 Å². The fourth-order valence-corrected chi connectivity index (χ4v) is 4.55. The highest BCUT2D eigenvalue weighted by Gasteiger charge is 2.36. The zero-order valence-corrected chi connectivity index (χ0v) is 20.1. The van der Waals surface area contributed by atoms with Crippen LogP contribution in [0.2, 0.25) is 5.02 Å². The van der Waals surface area contributed by atoms with Crippen molar-refractivity contribution in [2.45, 2.75) is 20.1 Å². The number of carbonyl (C=O) groups is 2. The topological polar surface area (TPSA) is 55.8 Å². The summed E-state index contributed by atoms with van der Waals surface area (Å²) in [4.78, 5) is 26.5. The Morgan fingerprint density at radius 1 is 1.06 bits per heavy atom. The lowest BCUT2D eigenvalue weighted by molar-refractivity contribution is -0.123. The molecular weight excluding hydrogens is 477 g/mol. The summed E-state index contributed by atoms with van der Waals surface area (Å²) in [5.74, 6) is -0.0168. The first kappa shape index (κ1) is 23.9. The number of thioether (sulfide) groups is 1. The number of nitrogens with zero attached hydrogens (tertiary/aromatic N) is 1. The number of amides is 2. The van der Waals surface area contributed by atoms with Gasteiger partial charge in [-0.1, -0.05) is 53.6 Å². The normalized spacial score (nSPS) is 14.7. The molecule has 1 fully saturated rings. The monoisotopic (exact) mass is 497 g/mol. The van der Waals surface area contributed by atoms with Crippen molar-refractivity contribution in [1.29, 1.82) is 0 Å². The van der Waals surface area contributed by atoms with Gasteiger partial charge in [0.05, 0.1) is 18.6 Å². The summed E-state index contributed by atoms with van der Waals surface area (Å²) < 4.78 is 25.5. The van der Waals surface area contributed by atoms with Gasteiger partial charge in [0.1, 0.15) is 12.4 Å². The Kier molecular flexibility index (Phi) is 7.24. The molecule has 0 atom stereocenters. The number of methoxy groups -OCH3 is 1. The Morgan fingerprint density at radius 2 is 1.85 bits per heavy atom. The predicted molar refractivity (Wildman–Crippen MR) is 131 cm³/mol. The standard InChI is InChI=1S/C26H21ClFNO4S/c1-16-5-3-6-18(11-16)15-33-22-10-9-17(12-23(22)32-2)13-24-25(30)29(26(31)34-24)14-19-20(27)7-4-8-21(19)28/h3-13H,14-15H2,1-2H3. The van der Waals surface area contributed by atoms with Crippen LogP contribution < -0.4 is 9.47 Å². The van der Waals surface area contributed by atoms with Gasteiger partial charge in [-0.2, -0.15) is 0 Å². The molecule has 8 heteroatoms. The van der Waals surface area contributed by atoms with Crippen LogP contribution in [-0.4, -0.2) is 23.2 Å². The van der Waals surface area contributed by atoms with Crippen LogP contribution in [0.3, 0.4) is 0 Å². The summed E-state index contributed by atoms with van der Waals surface area (Å²) in [5, 5.41) is -0.324. The van der Waals surface area contributed by atoms with Gasteiger partial charge in [-0.15, -0.1) is 0 Å². The molecule has 3 aromatic carbocycles. The fourth-order valence-electron chi connectivity index (χ4n) is 3.49. The average Bonchev–Trinajstić information content (AvgIpc) is 3.07. The van der Waals surface area contributed by atoms with E-state index in [1.54, 1.807) is 24.3 Å². The summed E-state index contributed by atoms with van der Waals surface area (Å²) >= 11 is 6.85. The first-order valence-corrected chi connectivity index (χ1v) is 11.6. The van der Waals surface area contributed by atoms with Crippen LogP contribution in [0.5, 0.6) is 11.5 Å². The molecule has 0 saturated carbocycles. The minimum Gasteiger partial charge on any atom is -0.493 e. The molecule has 1 saturated heterocycles. The van der Waals surface area contributed by atoms with Gasteiger partial charge in [0.2, 0.25) is 0 Å². The maximum atomic E-state index is 14.1. The van der Waals surface area contributed by atoms with Gasteiger partial charge in [-0.25, -0.2) is 4.39 Å². The summed E-state index contributed by atoms with van der Waals surface area (Å²) in [6.45, 7) is 2.17. The van der Waals surface area contributed by atoms with Crippen LogP contribution in [0.1, 0.15) is 22.3 Å². The zero-order valence-electron chi connectivity index (χ0n) is 18.5. The van der Waals surface area contributed by atoms with Crippen molar-refractivity contribution in [3.05, 3.63) is 98.7 Å². The molecule has 1 aliphatic heterocycles. The number of hydrogen-bond donors (Lipinski definition) is 0. The number of aryl methyl sites for hydroxylation is 1. The maximum Gasteiger partial charge on any atom is 0.293 e. The predicted octanol–water partition coefficient (Wildman–Crippen LogP) is 6.61. The van der Waals surface area contributed by atoms with Crippen LogP contribution in [0.4, 0.5) is 9.18 Å². The van der Waals surface area contributed by atoms with E-state index in [1.807, 2.05) is 31.2 Å². The molecule has 0 unspecified atom stereocenters. The summed E-state index contributed by atoms with van der Waals surface area (Å²) in [6, 6.07) is 17.5. The Bertz CT molecular complexity index is 1270. The molecule has 3 aromatic rings. The van der Waals surface area contributed by atoms with Crippen molar-refractivity contribution in [3.63, 3.8) is 0 Å². The van der Waals surface area contributed by atoms with Crippen LogP contribution in [0.15, 0.2) is 65.6 Å². The Hall–Kier alpha value is -3.29. The lowest BCUT2D eigenvalue weighted by atomic mass is 10.1. The molecule has 0 spiro atoms.